The van der Waals surface area contributed by atoms with E-state index >= 15 is 0 Å². The van der Waals surface area contributed by atoms with Crippen molar-refractivity contribution in [1.29, 1.82) is 0 Å². The highest BCUT2D eigenvalue weighted by molar-refractivity contribution is 7.90. The van der Waals surface area contributed by atoms with Gasteiger partial charge in [0.15, 0.2) is 9.84 Å². The summed E-state index contributed by atoms with van der Waals surface area (Å²) >= 11 is 0. The van der Waals surface area contributed by atoms with E-state index in [0.29, 0.717) is 11.0 Å². The molecule has 1 aromatic carbocycles. The number of nitrogens with zero attached hydrogens (tertiary/aromatic N) is 1. The van der Waals surface area contributed by atoms with E-state index in [9.17, 15) is 13.2 Å². The zero-order chi connectivity index (χ0) is 17.8. The SMILES string of the molecule is CN(CC12CC3CC(CC(C3)C1)C2)C(=O)c1ccc(S(C)(=O)=O)cc1. The summed E-state index contributed by atoms with van der Waals surface area (Å²) in [5.74, 6) is 2.63. The number of sulfone groups is 1. The summed E-state index contributed by atoms with van der Waals surface area (Å²) in [6, 6.07) is 6.33. The number of hydrogen-bond donors (Lipinski definition) is 0. The van der Waals surface area contributed by atoms with Crippen molar-refractivity contribution < 1.29 is 13.2 Å². The summed E-state index contributed by atoms with van der Waals surface area (Å²) in [4.78, 5) is 14.9. The van der Waals surface area contributed by atoms with Gasteiger partial charge in [-0.25, -0.2) is 8.42 Å². The molecule has 4 fully saturated rings. The van der Waals surface area contributed by atoms with Gasteiger partial charge in [-0.1, -0.05) is 0 Å². The fourth-order valence-electron chi connectivity index (χ4n) is 6.12. The van der Waals surface area contributed by atoms with E-state index in [2.05, 4.69) is 0 Å². The second kappa shape index (κ2) is 5.83. The van der Waals surface area contributed by atoms with Gasteiger partial charge in [0.1, 0.15) is 0 Å². The van der Waals surface area contributed by atoms with E-state index < -0.39 is 9.84 Å². The lowest BCUT2D eigenvalue weighted by molar-refractivity contribution is -0.0629. The maximum absolute atomic E-state index is 12.8. The van der Waals surface area contributed by atoms with Crippen LogP contribution in [0, 0.1) is 23.2 Å². The molecule has 0 saturated heterocycles. The molecule has 4 bridgehead atoms. The van der Waals surface area contributed by atoms with Crippen LogP contribution in [0.4, 0.5) is 0 Å². The van der Waals surface area contributed by atoms with Gasteiger partial charge in [-0.15, -0.1) is 0 Å². The molecular formula is C20H27NO3S. The predicted octanol–water partition coefficient (Wildman–Crippen LogP) is 3.38. The van der Waals surface area contributed by atoms with E-state index in [0.717, 1.165) is 24.3 Å². The predicted molar refractivity (Wildman–Crippen MR) is 97.1 cm³/mol. The van der Waals surface area contributed by atoms with E-state index in [1.54, 1.807) is 12.1 Å². The molecule has 0 N–H and O–H groups in total. The minimum atomic E-state index is -3.23. The van der Waals surface area contributed by atoms with Crippen LogP contribution in [0.15, 0.2) is 29.2 Å². The van der Waals surface area contributed by atoms with E-state index in [-0.39, 0.29) is 10.8 Å². The third-order valence-electron chi connectivity index (χ3n) is 6.61. The second-order valence-electron chi connectivity index (χ2n) is 8.88. The Hall–Kier alpha value is -1.36. The Bertz CT molecular complexity index is 746. The lowest BCUT2D eigenvalue weighted by Gasteiger charge is -2.57. The zero-order valence-electron chi connectivity index (χ0n) is 15.1. The Labute approximate surface area is 150 Å². The molecule has 5 rings (SSSR count). The molecule has 4 aliphatic carbocycles. The quantitative estimate of drug-likeness (QED) is 0.826. The number of carbonyl (C=O) groups excluding carboxylic acids is 1. The van der Waals surface area contributed by atoms with Gasteiger partial charge in [-0.3, -0.25) is 4.79 Å². The van der Waals surface area contributed by atoms with Gasteiger partial charge in [0, 0.05) is 25.4 Å². The van der Waals surface area contributed by atoms with Crippen molar-refractivity contribution in [2.75, 3.05) is 19.8 Å². The second-order valence-corrected chi connectivity index (χ2v) is 10.9. The molecule has 1 amide bonds. The first kappa shape index (κ1) is 17.1. The van der Waals surface area contributed by atoms with Crippen molar-refractivity contribution in [2.45, 2.75) is 43.4 Å². The summed E-state index contributed by atoms with van der Waals surface area (Å²) in [5.41, 5.74) is 0.894. The average Bonchev–Trinajstić information content (AvgIpc) is 2.51. The molecule has 0 spiro atoms. The first-order chi connectivity index (χ1) is 11.7. The molecule has 25 heavy (non-hydrogen) atoms. The molecule has 5 heteroatoms. The molecule has 4 aliphatic rings. The van der Waals surface area contributed by atoms with Crippen LogP contribution in [0.25, 0.3) is 0 Å². The summed E-state index contributed by atoms with van der Waals surface area (Å²) in [6.45, 7) is 0.836. The molecule has 1 aromatic rings. The van der Waals surface area contributed by atoms with Crippen LogP contribution in [0.1, 0.15) is 48.9 Å². The number of benzene rings is 1. The zero-order valence-corrected chi connectivity index (χ0v) is 15.9. The molecule has 0 radical (unpaired) electrons. The van der Waals surface area contributed by atoms with Crippen LogP contribution < -0.4 is 0 Å². The van der Waals surface area contributed by atoms with Crippen LogP contribution >= 0.6 is 0 Å². The Balaban J connectivity index is 1.48. The summed E-state index contributed by atoms with van der Waals surface area (Å²) in [5, 5.41) is 0. The normalized spacial score (nSPS) is 33.4. The number of hydrogen-bond acceptors (Lipinski definition) is 3. The molecule has 4 saturated carbocycles. The van der Waals surface area contributed by atoms with Gasteiger partial charge in [0.05, 0.1) is 4.90 Å². The van der Waals surface area contributed by atoms with Crippen LogP contribution in [-0.4, -0.2) is 39.1 Å². The Morgan fingerprint density at radius 3 is 1.96 bits per heavy atom. The fraction of sp³-hybridized carbons (Fsp3) is 0.650. The van der Waals surface area contributed by atoms with E-state index in [1.807, 2.05) is 11.9 Å². The fourth-order valence-corrected chi connectivity index (χ4v) is 6.75. The molecular weight excluding hydrogens is 334 g/mol. The average molecular weight is 362 g/mol. The largest absolute Gasteiger partial charge is 0.341 e. The minimum Gasteiger partial charge on any atom is -0.341 e. The Morgan fingerprint density at radius 1 is 1.04 bits per heavy atom. The van der Waals surface area contributed by atoms with Gasteiger partial charge in [0.25, 0.3) is 5.91 Å². The van der Waals surface area contributed by atoms with E-state index in [4.69, 9.17) is 0 Å². The van der Waals surface area contributed by atoms with Crippen molar-refractivity contribution in [3.8, 4) is 0 Å². The summed E-state index contributed by atoms with van der Waals surface area (Å²) < 4.78 is 23.1. The lowest BCUT2D eigenvalue weighted by atomic mass is 9.49. The van der Waals surface area contributed by atoms with Crippen LogP contribution in [0.3, 0.4) is 0 Å². The third-order valence-corrected chi connectivity index (χ3v) is 7.74. The number of rotatable bonds is 4. The maximum atomic E-state index is 12.8. The van der Waals surface area contributed by atoms with Crippen LogP contribution in [0.2, 0.25) is 0 Å². The first-order valence-corrected chi connectivity index (χ1v) is 11.2. The van der Waals surface area contributed by atoms with Gasteiger partial charge < -0.3 is 4.90 Å². The topological polar surface area (TPSA) is 54.5 Å². The maximum Gasteiger partial charge on any atom is 0.253 e. The lowest BCUT2D eigenvalue weighted by Crippen LogP contribution is -2.51. The van der Waals surface area contributed by atoms with Gasteiger partial charge in [-0.05, 0) is 86.0 Å². The van der Waals surface area contributed by atoms with Crippen molar-refractivity contribution in [3.05, 3.63) is 29.8 Å². The van der Waals surface area contributed by atoms with Gasteiger partial charge >= 0.3 is 0 Å². The molecule has 4 nitrogen and oxygen atoms in total. The number of carbonyl (C=O) groups is 1. The minimum absolute atomic E-state index is 0.00389. The highest BCUT2D eigenvalue weighted by Gasteiger charge is 2.51. The molecule has 0 aromatic heterocycles. The molecule has 0 atom stereocenters. The van der Waals surface area contributed by atoms with Gasteiger partial charge in [0.2, 0.25) is 0 Å². The highest BCUT2D eigenvalue weighted by Crippen LogP contribution is 2.60. The Kier molecular flexibility index (Phi) is 3.98. The Morgan fingerprint density at radius 2 is 1.52 bits per heavy atom. The smallest absolute Gasteiger partial charge is 0.253 e. The van der Waals surface area contributed by atoms with Gasteiger partial charge in [-0.2, -0.15) is 0 Å². The summed E-state index contributed by atoms with van der Waals surface area (Å²) in [6.07, 6.45) is 9.25. The molecule has 0 heterocycles. The molecule has 0 aliphatic heterocycles. The third kappa shape index (κ3) is 3.23. The number of amides is 1. The van der Waals surface area contributed by atoms with Crippen molar-refractivity contribution in [2.24, 2.45) is 23.2 Å². The summed E-state index contributed by atoms with van der Waals surface area (Å²) in [7, 11) is -1.33. The monoisotopic (exact) mass is 361 g/mol. The molecule has 136 valence electrons. The first-order valence-electron chi connectivity index (χ1n) is 9.30. The van der Waals surface area contributed by atoms with Crippen molar-refractivity contribution in [1.82, 2.24) is 4.90 Å². The highest BCUT2D eigenvalue weighted by atomic mass is 32.2. The van der Waals surface area contributed by atoms with Crippen molar-refractivity contribution >= 4 is 15.7 Å². The van der Waals surface area contributed by atoms with Crippen molar-refractivity contribution in [3.63, 3.8) is 0 Å². The standard InChI is InChI=1S/C20H27NO3S/c1-21(19(22)17-3-5-18(6-4-17)25(2,23)24)13-20-10-14-7-15(11-20)9-16(8-14)12-20/h3-6,14-16H,7-13H2,1-2H3. The van der Waals surface area contributed by atoms with Crippen LogP contribution in [0.5, 0.6) is 0 Å². The van der Waals surface area contributed by atoms with E-state index in [1.165, 1.54) is 56.9 Å². The van der Waals surface area contributed by atoms with Crippen LogP contribution in [-0.2, 0) is 9.84 Å². The molecule has 0 unspecified atom stereocenters.